The third-order valence-corrected chi connectivity index (χ3v) is 4.35. The minimum atomic E-state index is -0.123. The third-order valence-electron chi connectivity index (χ3n) is 4.35. The van der Waals surface area contributed by atoms with Crippen molar-refractivity contribution in [1.29, 1.82) is 0 Å². The van der Waals surface area contributed by atoms with Crippen LogP contribution in [0.15, 0.2) is 48.5 Å². The molecule has 0 aliphatic carbocycles. The highest BCUT2D eigenvalue weighted by Crippen LogP contribution is 2.20. The second-order valence-corrected chi connectivity index (χ2v) is 6.40. The van der Waals surface area contributed by atoms with Gasteiger partial charge in [0.1, 0.15) is 0 Å². The summed E-state index contributed by atoms with van der Waals surface area (Å²) in [7, 11) is 0. The van der Waals surface area contributed by atoms with E-state index in [9.17, 15) is 9.59 Å². The summed E-state index contributed by atoms with van der Waals surface area (Å²) >= 11 is 0. The van der Waals surface area contributed by atoms with Crippen molar-refractivity contribution in [3.8, 4) is 11.8 Å². The van der Waals surface area contributed by atoms with E-state index < -0.39 is 0 Å². The highest BCUT2D eigenvalue weighted by atomic mass is 16.2. The van der Waals surface area contributed by atoms with Crippen molar-refractivity contribution in [2.24, 2.45) is 0 Å². The minimum absolute atomic E-state index is 0.123. The highest BCUT2D eigenvalue weighted by molar-refractivity contribution is 5.94. The summed E-state index contributed by atoms with van der Waals surface area (Å²) in [5.74, 6) is 6.06. The Bertz CT molecular complexity index is 860. The standard InChI is InChI=1S/C22H22N2O2/c1-17-6-4-8-19(16-17)22(26)23-14-5-7-18-10-12-20(13-11-18)24-15-3-2-9-21(24)25/h4,6,8,10-13,16H,2-3,9,14-15H2,1H3,(H,23,26). The molecule has 0 bridgehead atoms. The number of anilines is 1. The van der Waals surface area contributed by atoms with Crippen molar-refractivity contribution in [2.75, 3.05) is 18.0 Å². The Hall–Kier alpha value is -3.06. The van der Waals surface area contributed by atoms with Gasteiger partial charge in [0.2, 0.25) is 5.91 Å². The lowest BCUT2D eigenvalue weighted by atomic mass is 10.1. The molecule has 2 aromatic carbocycles. The molecule has 1 heterocycles. The van der Waals surface area contributed by atoms with Crippen molar-refractivity contribution in [3.05, 3.63) is 65.2 Å². The molecule has 26 heavy (non-hydrogen) atoms. The molecule has 1 saturated heterocycles. The summed E-state index contributed by atoms with van der Waals surface area (Å²) in [5.41, 5.74) is 3.48. The largest absolute Gasteiger partial charge is 0.341 e. The van der Waals surface area contributed by atoms with Crippen molar-refractivity contribution >= 4 is 17.5 Å². The fraction of sp³-hybridized carbons (Fsp3) is 0.273. The van der Waals surface area contributed by atoms with Gasteiger partial charge in [-0.05, 0) is 56.2 Å². The molecule has 1 fully saturated rings. The molecular weight excluding hydrogens is 324 g/mol. The lowest BCUT2D eigenvalue weighted by Crippen LogP contribution is -2.35. The van der Waals surface area contributed by atoms with Gasteiger partial charge in [0.15, 0.2) is 0 Å². The van der Waals surface area contributed by atoms with E-state index in [0.717, 1.165) is 36.2 Å². The maximum Gasteiger partial charge on any atom is 0.252 e. The summed E-state index contributed by atoms with van der Waals surface area (Å²) in [4.78, 5) is 25.8. The number of carbonyl (C=O) groups is 2. The summed E-state index contributed by atoms with van der Waals surface area (Å²) in [6.07, 6.45) is 2.66. The molecule has 1 aliphatic rings. The molecule has 132 valence electrons. The molecular formula is C22H22N2O2. The van der Waals surface area contributed by atoms with Gasteiger partial charge < -0.3 is 10.2 Å². The SMILES string of the molecule is Cc1cccc(C(=O)NCC#Cc2ccc(N3CCCCC3=O)cc2)c1. The first kappa shape index (κ1) is 17.8. The molecule has 0 aromatic heterocycles. The van der Waals surface area contributed by atoms with Crippen LogP contribution in [-0.4, -0.2) is 24.9 Å². The third kappa shape index (κ3) is 4.52. The van der Waals surface area contributed by atoms with Gasteiger partial charge >= 0.3 is 0 Å². The van der Waals surface area contributed by atoms with Gasteiger partial charge in [0, 0.05) is 29.8 Å². The van der Waals surface area contributed by atoms with Crippen LogP contribution in [0.25, 0.3) is 0 Å². The Balaban J connectivity index is 1.55. The van der Waals surface area contributed by atoms with Crippen molar-refractivity contribution in [3.63, 3.8) is 0 Å². The van der Waals surface area contributed by atoms with Gasteiger partial charge in [0.05, 0.1) is 6.54 Å². The molecule has 4 nitrogen and oxygen atoms in total. The summed E-state index contributed by atoms with van der Waals surface area (Å²) < 4.78 is 0. The number of hydrogen-bond acceptors (Lipinski definition) is 2. The lowest BCUT2D eigenvalue weighted by Gasteiger charge is -2.26. The van der Waals surface area contributed by atoms with E-state index >= 15 is 0 Å². The topological polar surface area (TPSA) is 49.4 Å². The van der Waals surface area contributed by atoms with Gasteiger partial charge in [-0.25, -0.2) is 0 Å². The fourth-order valence-corrected chi connectivity index (χ4v) is 2.96. The summed E-state index contributed by atoms with van der Waals surface area (Å²) in [6.45, 7) is 3.03. The number of nitrogens with zero attached hydrogens (tertiary/aromatic N) is 1. The lowest BCUT2D eigenvalue weighted by molar-refractivity contribution is -0.119. The van der Waals surface area contributed by atoms with Gasteiger partial charge in [-0.2, -0.15) is 0 Å². The number of nitrogens with one attached hydrogen (secondary N) is 1. The molecule has 0 radical (unpaired) electrons. The Labute approximate surface area is 154 Å². The fourth-order valence-electron chi connectivity index (χ4n) is 2.96. The van der Waals surface area contributed by atoms with Gasteiger partial charge in [0.25, 0.3) is 5.91 Å². The molecule has 3 rings (SSSR count). The maximum atomic E-state index is 12.0. The number of aryl methyl sites for hydroxylation is 1. The second kappa shape index (κ2) is 8.35. The molecule has 2 amide bonds. The molecule has 2 aromatic rings. The number of piperidine rings is 1. The van der Waals surface area contributed by atoms with Crippen LogP contribution in [0.3, 0.4) is 0 Å². The van der Waals surface area contributed by atoms with E-state index in [-0.39, 0.29) is 11.8 Å². The van der Waals surface area contributed by atoms with E-state index in [1.54, 1.807) is 6.07 Å². The van der Waals surface area contributed by atoms with E-state index in [2.05, 4.69) is 17.2 Å². The molecule has 1 N–H and O–H groups in total. The van der Waals surface area contributed by atoms with Crippen LogP contribution < -0.4 is 10.2 Å². The normalized spacial score (nSPS) is 13.7. The van der Waals surface area contributed by atoms with Crippen LogP contribution in [0.5, 0.6) is 0 Å². The van der Waals surface area contributed by atoms with Crippen LogP contribution in [-0.2, 0) is 4.79 Å². The zero-order valence-corrected chi connectivity index (χ0v) is 14.9. The van der Waals surface area contributed by atoms with Crippen molar-refractivity contribution in [1.82, 2.24) is 5.32 Å². The number of rotatable bonds is 3. The van der Waals surface area contributed by atoms with Crippen LogP contribution in [0.2, 0.25) is 0 Å². The van der Waals surface area contributed by atoms with E-state index in [1.165, 1.54) is 0 Å². The first-order valence-corrected chi connectivity index (χ1v) is 8.88. The molecule has 0 atom stereocenters. The van der Waals surface area contributed by atoms with Crippen molar-refractivity contribution in [2.45, 2.75) is 26.2 Å². The molecule has 1 aliphatic heterocycles. The molecule has 4 heteroatoms. The van der Waals surface area contributed by atoms with Crippen LogP contribution >= 0.6 is 0 Å². The van der Waals surface area contributed by atoms with Crippen LogP contribution in [0.4, 0.5) is 5.69 Å². The first-order valence-electron chi connectivity index (χ1n) is 8.88. The quantitative estimate of drug-likeness (QED) is 0.867. The number of carbonyl (C=O) groups excluding carboxylic acids is 2. The molecule has 0 spiro atoms. The second-order valence-electron chi connectivity index (χ2n) is 6.40. The zero-order valence-electron chi connectivity index (χ0n) is 14.9. The highest BCUT2D eigenvalue weighted by Gasteiger charge is 2.19. The van der Waals surface area contributed by atoms with Crippen molar-refractivity contribution < 1.29 is 9.59 Å². The van der Waals surface area contributed by atoms with E-state index in [1.807, 2.05) is 54.3 Å². The van der Waals surface area contributed by atoms with E-state index in [4.69, 9.17) is 0 Å². The Morgan fingerprint density at radius 2 is 1.96 bits per heavy atom. The predicted octanol–water partition coefficient (Wildman–Crippen LogP) is 3.29. The van der Waals surface area contributed by atoms with Crippen LogP contribution in [0, 0.1) is 18.8 Å². The maximum absolute atomic E-state index is 12.0. The van der Waals surface area contributed by atoms with Gasteiger partial charge in [-0.15, -0.1) is 0 Å². The van der Waals surface area contributed by atoms with E-state index in [0.29, 0.717) is 18.5 Å². The van der Waals surface area contributed by atoms with Gasteiger partial charge in [-0.3, -0.25) is 9.59 Å². The average Bonchev–Trinajstić information content (AvgIpc) is 2.66. The predicted molar refractivity (Wildman–Crippen MR) is 103 cm³/mol. The monoisotopic (exact) mass is 346 g/mol. The number of hydrogen-bond donors (Lipinski definition) is 1. The zero-order chi connectivity index (χ0) is 18.4. The summed E-state index contributed by atoms with van der Waals surface area (Å²) in [6, 6.07) is 15.1. The number of amides is 2. The average molecular weight is 346 g/mol. The van der Waals surface area contributed by atoms with Gasteiger partial charge in [-0.1, -0.05) is 29.5 Å². The Morgan fingerprint density at radius 1 is 1.15 bits per heavy atom. The summed E-state index contributed by atoms with van der Waals surface area (Å²) in [5, 5.41) is 2.80. The smallest absolute Gasteiger partial charge is 0.252 e. The van der Waals surface area contributed by atoms with Crippen LogP contribution in [0.1, 0.15) is 40.7 Å². The Kier molecular flexibility index (Phi) is 5.70. The molecule has 0 unspecified atom stereocenters. The minimum Gasteiger partial charge on any atom is -0.341 e. The molecule has 0 saturated carbocycles. The number of benzene rings is 2. The first-order chi connectivity index (χ1) is 12.6. The Morgan fingerprint density at radius 3 is 2.69 bits per heavy atom.